The number of anilines is 1. The molecule has 0 saturated heterocycles. The molecular weight excluding hydrogens is 404 g/mol. The summed E-state index contributed by atoms with van der Waals surface area (Å²) in [5.41, 5.74) is 3.96. The van der Waals surface area contributed by atoms with E-state index in [0.29, 0.717) is 25.7 Å². The predicted octanol–water partition coefficient (Wildman–Crippen LogP) is 3.88. The summed E-state index contributed by atoms with van der Waals surface area (Å²) in [6.45, 7) is 8.61. The van der Waals surface area contributed by atoms with Crippen LogP contribution in [0.3, 0.4) is 0 Å². The molecule has 0 saturated carbocycles. The van der Waals surface area contributed by atoms with E-state index >= 15 is 0 Å². The van der Waals surface area contributed by atoms with Crippen LogP contribution < -0.4 is 15.4 Å². The molecule has 3 rings (SSSR count). The maximum atomic E-state index is 5.78. The molecule has 3 aromatic rings. The molecule has 0 aliphatic heterocycles. The number of aryl methyl sites for hydroxylation is 2. The highest BCUT2D eigenvalue weighted by Gasteiger charge is 2.06. The fourth-order valence-corrected chi connectivity index (χ4v) is 3.17. The summed E-state index contributed by atoms with van der Waals surface area (Å²) in [5.74, 6) is 2.31. The Labute approximate surface area is 189 Å². The quantitative estimate of drug-likeness (QED) is 0.285. The number of pyridine rings is 1. The van der Waals surface area contributed by atoms with E-state index in [0.717, 1.165) is 47.2 Å². The van der Waals surface area contributed by atoms with Crippen molar-refractivity contribution < 1.29 is 9.47 Å². The minimum absolute atomic E-state index is 0.507. The van der Waals surface area contributed by atoms with Crippen LogP contribution in [0.25, 0.3) is 5.82 Å². The van der Waals surface area contributed by atoms with Crippen molar-refractivity contribution in [1.82, 2.24) is 20.1 Å². The van der Waals surface area contributed by atoms with Gasteiger partial charge < -0.3 is 20.1 Å². The maximum Gasteiger partial charge on any atom is 0.196 e. The predicted molar refractivity (Wildman–Crippen MR) is 128 cm³/mol. The molecule has 2 heterocycles. The molecule has 0 atom stereocenters. The fourth-order valence-electron chi connectivity index (χ4n) is 3.17. The highest BCUT2D eigenvalue weighted by molar-refractivity contribution is 5.93. The van der Waals surface area contributed by atoms with Gasteiger partial charge >= 0.3 is 0 Å². The van der Waals surface area contributed by atoms with E-state index < -0.39 is 0 Å². The number of nitrogens with zero attached hydrogens (tertiary/aromatic N) is 4. The molecule has 0 amide bonds. The Morgan fingerprint density at radius 1 is 1.12 bits per heavy atom. The van der Waals surface area contributed by atoms with Crippen molar-refractivity contribution in [1.29, 1.82) is 0 Å². The van der Waals surface area contributed by atoms with Crippen LogP contribution in [-0.4, -0.2) is 47.6 Å². The number of nitrogens with one attached hydrogen (secondary N) is 2. The van der Waals surface area contributed by atoms with E-state index in [2.05, 4.69) is 20.7 Å². The lowest BCUT2D eigenvalue weighted by molar-refractivity contribution is 0.172. The van der Waals surface area contributed by atoms with E-state index in [4.69, 9.17) is 14.5 Å². The Morgan fingerprint density at radius 3 is 2.69 bits per heavy atom. The third-order valence-electron chi connectivity index (χ3n) is 4.66. The molecule has 8 heteroatoms. The first-order valence-corrected chi connectivity index (χ1v) is 10.8. The van der Waals surface area contributed by atoms with Gasteiger partial charge in [0.15, 0.2) is 11.8 Å². The number of ether oxygens (including phenoxy) is 2. The molecule has 0 spiro atoms. The Kier molecular flexibility index (Phi) is 8.62. The Hall–Kier alpha value is -3.39. The lowest BCUT2D eigenvalue weighted by atomic mass is 10.3. The summed E-state index contributed by atoms with van der Waals surface area (Å²) in [7, 11) is 1.69. The lowest BCUT2D eigenvalue weighted by Crippen LogP contribution is -2.30. The Balaban J connectivity index is 1.63. The summed E-state index contributed by atoms with van der Waals surface area (Å²) >= 11 is 0. The topological polar surface area (TPSA) is 85.6 Å². The van der Waals surface area contributed by atoms with Gasteiger partial charge in [0.05, 0.1) is 18.8 Å². The normalized spacial score (nSPS) is 11.4. The molecule has 2 aromatic heterocycles. The molecule has 0 aliphatic rings. The van der Waals surface area contributed by atoms with Gasteiger partial charge in [-0.05, 0) is 50.6 Å². The van der Waals surface area contributed by atoms with Crippen LogP contribution in [0.2, 0.25) is 0 Å². The Bertz CT molecular complexity index is 1010. The third-order valence-corrected chi connectivity index (χ3v) is 4.66. The zero-order valence-corrected chi connectivity index (χ0v) is 19.3. The van der Waals surface area contributed by atoms with Crippen molar-refractivity contribution in [3.05, 3.63) is 65.6 Å². The van der Waals surface area contributed by atoms with Crippen molar-refractivity contribution in [3.8, 4) is 11.6 Å². The summed E-state index contributed by atoms with van der Waals surface area (Å²) in [5, 5.41) is 11.1. The van der Waals surface area contributed by atoms with Gasteiger partial charge in [-0.3, -0.25) is 0 Å². The van der Waals surface area contributed by atoms with Gasteiger partial charge in [0.1, 0.15) is 5.75 Å². The molecule has 0 fully saturated rings. The van der Waals surface area contributed by atoms with Crippen molar-refractivity contribution in [2.45, 2.75) is 33.7 Å². The molecule has 0 bridgehead atoms. The number of hydrogen-bond donors (Lipinski definition) is 2. The second-order valence-electron chi connectivity index (χ2n) is 7.41. The fraction of sp³-hybridized carbons (Fsp3) is 0.375. The SMILES string of the molecule is CCNC(=NCc1ccc(-n2nc(C)cc2C)nc1)Nc1cccc(OCCCOC)c1. The minimum Gasteiger partial charge on any atom is -0.493 e. The lowest BCUT2D eigenvalue weighted by Gasteiger charge is -2.13. The van der Waals surface area contributed by atoms with Gasteiger partial charge in [-0.25, -0.2) is 14.7 Å². The number of guanidine groups is 1. The van der Waals surface area contributed by atoms with Gasteiger partial charge in [0, 0.05) is 50.3 Å². The molecule has 2 N–H and O–H groups in total. The van der Waals surface area contributed by atoms with E-state index in [9.17, 15) is 0 Å². The van der Waals surface area contributed by atoms with Crippen LogP contribution in [0.5, 0.6) is 5.75 Å². The average molecular weight is 437 g/mol. The number of aliphatic imine (C=N–C) groups is 1. The van der Waals surface area contributed by atoms with Gasteiger partial charge in [0.25, 0.3) is 0 Å². The number of aromatic nitrogens is 3. The van der Waals surface area contributed by atoms with Crippen molar-refractivity contribution in [2.24, 2.45) is 4.99 Å². The summed E-state index contributed by atoms with van der Waals surface area (Å²) in [6.07, 6.45) is 2.69. The van der Waals surface area contributed by atoms with Crippen LogP contribution in [0.4, 0.5) is 5.69 Å². The van der Waals surface area contributed by atoms with E-state index in [1.165, 1.54) is 0 Å². The molecule has 0 aliphatic carbocycles. The summed E-state index contributed by atoms with van der Waals surface area (Å²) in [6, 6.07) is 13.9. The monoisotopic (exact) mass is 436 g/mol. The van der Waals surface area contributed by atoms with Crippen LogP contribution in [-0.2, 0) is 11.3 Å². The largest absolute Gasteiger partial charge is 0.493 e. The molecule has 0 unspecified atom stereocenters. The number of methoxy groups -OCH3 is 1. The maximum absolute atomic E-state index is 5.78. The number of benzene rings is 1. The first-order chi connectivity index (χ1) is 15.6. The molecule has 8 nitrogen and oxygen atoms in total. The van der Waals surface area contributed by atoms with Gasteiger partial charge in [0.2, 0.25) is 0 Å². The van der Waals surface area contributed by atoms with E-state index in [1.807, 2.05) is 74.1 Å². The summed E-state index contributed by atoms with van der Waals surface area (Å²) < 4.78 is 12.7. The van der Waals surface area contributed by atoms with Crippen LogP contribution in [0.15, 0.2) is 53.7 Å². The number of hydrogen-bond acceptors (Lipinski definition) is 5. The van der Waals surface area contributed by atoms with E-state index in [1.54, 1.807) is 7.11 Å². The highest BCUT2D eigenvalue weighted by atomic mass is 16.5. The van der Waals surface area contributed by atoms with Crippen molar-refractivity contribution in [2.75, 3.05) is 32.2 Å². The minimum atomic E-state index is 0.507. The Morgan fingerprint density at radius 2 is 2.00 bits per heavy atom. The van der Waals surface area contributed by atoms with Crippen molar-refractivity contribution >= 4 is 11.6 Å². The van der Waals surface area contributed by atoms with Crippen LogP contribution in [0.1, 0.15) is 30.3 Å². The van der Waals surface area contributed by atoms with Crippen LogP contribution >= 0.6 is 0 Å². The number of rotatable bonds is 10. The second-order valence-corrected chi connectivity index (χ2v) is 7.41. The standard InChI is InChI=1S/C24H32N6O2/c1-5-25-24(28-21-8-6-9-22(15-21)32-13-7-12-31-4)27-17-20-10-11-23(26-16-20)30-19(3)14-18(2)29-30/h6,8-11,14-16H,5,7,12-13,17H2,1-4H3,(H2,25,27,28). The molecule has 32 heavy (non-hydrogen) atoms. The summed E-state index contributed by atoms with van der Waals surface area (Å²) in [4.78, 5) is 9.24. The molecule has 0 radical (unpaired) electrons. The van der Waals surface area contributed by atoms with Crippen LogP contribution in [0, 0.1) is 13.8 Å². The first kappa shape index (κ1) is 23.3. The van der Waals surface area contributed by atoms with Crippen molar-refractivity contribution in [3.63, 3.8) is 0 Å². The second kappa shape index (κ2) is 11.9. The van der Waals surface area contributed by atoms with E-state index in [-0.39, 0.29) is 0 Å². The first-order valence-electron chi connectivity index (χ1n) is 10.8. The third kappa shape index (κ3) is 6.81. The highest BCUT2D eigenvalue weighted by Crippen LogP contribution is 2.18. The molecule has 170 valence electrons. The van der Waals surface area contributed by atoms with Gasteiger partial charge in [-0.15, -0.1) is 0 Å². The van der Waals surface area contributed by atoms with Gasteiger partial charge in [-0.2, -0.15) is 5.10 Å². The smallest absolute Gasteiger partial charge is 0.196 e. The zero-order valence-electron chi connectivity index (χ0n) is 19.3. The average Bonchev–Trinajstić information content (AvgIpc) is 3.14. The van der Waals surface area contributed by atoms with Gasteiger partial charge in [-0.1, -0.05) is 12.1 Å². The molecular formula is C24H32N6O2. The zero-order chi connectivity index (χ0) is 22.8. The molecule has 1 aromatic carbocycles.